The Morgan fingerprint density at radius 2 is 2.08 bits per heavy atom. The average molecular weight is 331 g/mol. The summed E-state index contributed by atoms with van der Waals surface area (Å²) in [5, 5.41) is 8.92. The molecule has 1 aliphatic rings. The van der Waals surface area contributed by atoms with Crippen molar-refractivity contribution in [1.82, 2.24) is 0 Å². The lowest BCUT2D eigenvalue weighted by atomic mass is 9.87. The van der Waals surface area contributed by atoms with Gasteiger partial charge in [0.2, 0.25) is 0 Å². The van der Waals surface area contributed by atoms with Gasteiger partial charge in [-0.05, 0) is 49.3 Å². The van der Waals surface area contributed by atoms with Crippen LogP contribution >= 0.6 is 0 Å². The van der Waals surface area contributed by atoms with Gasteiger partial charge in [0.15, 0.2) is 0 Å². The summed E-state index contributed by atoms with van der Waals surface area (Å²) in [6.45, 7) is 8.20. The van der Waals surface area contributed by atoms with Crippen molar-refractivity contribution >= 4 is 17.6 Å². The van der Waals surface area contributed by atoms with Gasteiger partial charge in [-0.3, -0.25) is 4.79 Å². The summed E-state index contributed by atoms with van der Waals surface area (Å²) in [5.74, 6) is -1.19. The largest absolute Gasteiger partial charge is 0.481 e. The number of carbonyl (C=O) groups excluding carboxylic acids is 1. The van der Waals surface area contributed by atoms with Crippen molar-refractivity contribution in [2.24, 2.45) is 5.92 Å². The second-order valence-corrected chi connectivity index (χ2v) is 6.43. The molecular weight excluding hydrogens is 306 g/mol. The molecule has 0 bridgehead atoms. The standard InChI is InChI=1S/C19H25NO4/c1-5-13-12(4)15-9-24-19(23)17(15)18(20)14(13)7-6-10(2)11(3)8-16(21)22/h6,11H,5,7-9,20H2,1-4H3,(H,21,22). The number of fused-ring (bicyclic) bond motifs is 1. The molecule has 5 nitrogen and oxygen atoms in total. The Morgan fingerprint density at radius 1 is 1.42 bits per heavy atom. The van der Waals surface area contributed by atoms with Crippen LogP contribution in [-0.2, 0) is 29.0 Å². The van der Waals surface area contributed by atoms with E-state index in [0.29, 0.717) is 24.3 Å². The van der Waals surface area contributed by atoms with E-state index in [0.717, 1.165) is 34.2 Å². The van der Waals surface area contributed by atoms with E-state index in [1.54, 1.807) is 0 Å². The monoisotopic (exact) mass is 331 g/mol. The number of carbonyl (C=O) groups is 2. The molecule has 0 aliphatic carbocycles. The third-order valence-corrected chi connectivity index (χ3v) is 4.96. The Kier molecular flexibility index (Phi) is 5.32. The summed E-state index contributed by atoms with van der Waals surface area (Å²) in [6.07, 6.45) is 3.54. The Labute approximate surface area is 142 Å². The molecule has 24 heavy (non-hydrogen) atoms. The van der Waals surface area contributed by atoms with E-state index in [1.165, 1.54) is 0 Å². The molecule has 5 heteroatoms. The molecule has 2 rings (SSSR count). The molecule has 130 valence electrons. The van der Waals surface area contributed by atoms with Gasteiger partial charge in [-0.25, -0.2) is 4.79 Å². The van der Waals surface area contributed by atoms with Gasteiger partial charge in [0.1, 0.15) is 6.61 Å². The number of hydrogen-bond acceptors (Lipinski definition) is 4. The molecule has 0 fully saturated rings. The number of carboxylic acid groups (broad SMARTS) is 1. The number of nitrogen functional groups attached to an aromatic ring is 1. The number of carboxylic acids is 1. The van der Waals surface area contributed by atoms with Crippen LogP contribution in [0.5, 0.6) is 0 Å². The molecule has 1 aromatic rings. The molecule has 0 spiro atoms. The first-order valence-electron chi connectivity index (χ1n) is 8.26. The minimum absolute atomic E-state index is 0.0331. The predicted molar refractivity (Wildman–Crippen MR) is 93.0 cm³/mol. The van der Waals surface area contributed by atoms with Gasteiger partial charge in [0.05, 0.1) is 17.7 Å². The fraction of sp³-hybridized carbons (Fsp3) is 0.474. The van der Waals surface area contributed by atoms with Gasteiger partial charge >= 0.3 is 11.9 Å². The number of aliphatic carboxylic acids is 1. The summed E-state index contributed by atoms with van der Waals surface area (Å²) in [4.78, 5) is 22.8. The molecule has 1 unspecified atom stereocenters. The van der Waals surface area contributed by atoms with Crippen molar-refractivity contribution in [3.8, 4) is 0 Å². The van der Waals surface area contributed by atoms with Gasteiger partial charge in [0, 0.05) is 5.56 Å². The normalized spacial score (nSPS) is 15.2. The van der Waals surface area contributed by atoms with Crippen molar-refractivity contribution in [3.63, 3.8) is 0 Å². The number of ether oxygens (including phenoxy) is 1. The quantitative estimate of drug-likeness (QED) is 0.474. The number of allylic oxidation sites excluding steroid dienone is 2. The summed E-state index contributed by atoms with van der Waals surface area (Å²) in [5.41, 5.74) is 12.4. The zero-order chi connectivity index (χ0) is 18.0. The first kappa shape index (κ1) is 18.0. The molecule has 0 saturated carbocycles. The smallest absolute Gasteiger partial charge is 0.341 e. The minimum Gasteiger partial charge on any atom is -0.481 e. The van der Waals surface area contributed by atoms with Crippen LogP contribution in [0, 0.1) is 12.8 Å². The number of anilines is 1. The van der Waals surface area contributed by atoms with Crippen molar-refractivity contribution in [1.29, 1.82) is 0 Å². The van der Waals surface area contributed by atoms with E-state index >= 15 is 0 Å². The van der Waals surface area contributed by atoms with E-state index < -0.39 is 5.97 Å². The molecule has 1 heterocycles. The number of cyclic esters (lactones) is 1. The molecule has 1 atom stereocenters. The van der Waals surface area contributed by atoms with Gasteiger partial charge in [0.25, 0.3) is 0 Å². The van der Waals surface area contributed by atoms with Gasteiger partial charge in [-0.1, -0.05) is 25.5 Å². The van der Waals surface area contributed by atoms with Gasteiger partial charge in [-0.2, -0.15) is 0 Å². The lowest BCUT2D eigenvalue weighted by molar-refractivity contribution is -0.137. The molecule has 0 saturated heterocycles. The van der Waals surface area contributed by atoms with Crippen molar-refractivity contribution in [3.05, 3.63) is 39.5 Å². The number of nitrogens with two attached hydrogens (primary N) is 1. The van der Waals surface area contributed by atoms with Crippen molar-refractivity contribution in [2.45, 2.75) is 53.6 Å². The van der Waals surface area contributed by atoms with Crippen molar-refractivity contribution < 1.29 is 19.4 Å². The highest BCUT2D eigenvalue weighted by molar-refractivity contribution is 6.00. The molecular formula is C19H25NO4. The van der Waals surface area contributed by atoms with Crippen LogP contribution in [0.3, 0.4) is 0 Å². The van der Waals surface area contributed by atoms with Crippen LogP contribution in [0.25, 0.3) is 0 Å². The fourth-order valence-corrected chi connectivity index (χ4v) is 3.29. The Bertz CT molecular complexity index is 719. The molecule has 0 radical (unpaired) electrons. The second-order valence-electron chi connectivity index (χ2n) is 6.43. The molecule has 0 aromatic heterocycles. The lowest BCUT2D eigenvalue weighted by Crippen LogP contribution is -2.10. The number of benzene rings is 1. The summed E-state index contributed by atoms with van der Waals surface area (Å²) >= 11 is 0. The maximum atomic E-state index is 12.0. The maximum absolute atomic E-state index is 12.0. The minimum atomic E-state index is -0.805. The van der Waals surface area contributed by atoms with E-state index in [2.05, 4.69) is 6.92 Å². The molecule has 0 amide bonds. The maximum Gasteiger partial charge on any atom is 0.341 e. The van der Waals surface area contributed by atoms with E-state index in [1.807, 2.05) is 26.8 Å². The number of rotatable bonds is 6. The van der Waals surface area contributed by atoms with Gasteiger partial charge in [-0.15, -0.1) is 0 Å². The summed E-state index contributed by atoms with van der Waals surface area (Å²) < 4.78 is 5.15. The third-order valence-electron chi connectivity index (χ3n) is 4.96. The van der Waals surface area contributed by atoms with Crippen LogP contribution in [0.15, 0.2) is 11.6 Å². The summed E-state index contributed by atoms with van der Waals surface area (Å²) in [6, 6.07) is 0. The highest BCUT2D eigenvalue weighted by Gasteiger charge is 2.29. The van der Waals surface area contributed by atoms with Crippen molar-refractivity contribution in [2.75, 3.05) is 5.73 Å². The van der Waals surface area contributed by atoms with Crippen LogP contribution in [0.1, 0.15) is 59.8 Å². The number of esters is 1. The van der Waals surface area contributed by atoms with E-state index in [9.17, 15) is 9.59 Å². The van der Waals surface area contributed by atoms with Crippen LogP contribution in [0.4, 0.5) is 5.69 Å². The molecule has 1 aliphatic heterocycles. The predicted octanol–water partition coefficient (Wildman–Crippen LogP) is 3.41. The highest BCUT2D eigenvalue weighted by Crippen LogP contribution is 2.35. The SMILES string of the molecule is CCc1c(C)c2c(c(N)c1CC=C(C)C(C)CC(=O)O)C(=O)OC2. The second kappa shape index (κ2) is 7.07. The van der Waals surface area contributed by atoms with Gasteiger partial charge < -0.3 is 15.6 Å². The summed E-state index contributed by atoms with van der Waals surface area (Å²) in [7, 11) is 0. The third kappa shape index (κ3) is 3.30. The first-order chi connectivity index (χ1) is 11.3. The van der Waals surface area contributed by atoms with Crippen LogP contribution in [-0.4, -0.2) is 17.0 Å². The zero-order valence-electron chi connectivity index (χ0n) is 14.7. The molecule has 1 aromatic carbocycles. The van der Waals surface area contributed by atoms with Crippen LogP contribution in [0.2, 0.25) is 0 Å². The average Bonchev–Trinajstić information content (AvgIpc) is 2.90. The topological polar surface area (TPSA) is 89.6 Å². The van der Waals surface area contributed by atoms with E-state index in [4.69, 9.17) is 15.6 Å². The zero-order valence-corrected chi connectivity index (χ0v) is 14.7. The highest BCUT2D eigenvalue weighted by atomic mass is 16.5. The molecule has 3 N–H and O–H groups in total. The lowest BCUT2D eigenvalue weighted by Gasteiger charge is -2.17. The Morgan fingerprint density at radius 3 is 2.67 bits per heavy atom. The number of hydrogen-bond donors (Lipinski definition) is 2. The van der Waals surface area contributed by atoms with Crippen LogP contribution < -0.4 is 5.73 Å². The van der Waals surface area contributed by atoms with E-state index in [-0.39, 0.29) is 18.3 Å². The Balaban J connectivity index is 2.40. The Hall–Kier alpha value is -2.30. The fourth-order valence-electron chi connectivity index (χ4n) is 3.29. The first-order valence-corrected chi connectivity index (χ1v) is 8.26.